The number of aryl methyl sites for hydroxylation is 2. The van der Waals surface area contributed by atoms with Gasteiger partial charge in [0.15, 0.2) is 0 Å². The molecule has 2 amide bonds. The van der Waals surface area contributed by atoms with Crippen LogP contribution in [0.15, 0.2) is 42.5 Å². The fourth-order valence-electron chi connectivity index (χ4n) is 3.36. The average molecular weight is 413 g/mol. The summed E-state index contributed by atoms with van der Waals surface area (Å²) in [5.74, 6) is -0.531. The minimum atomic E-state index is -0.803. The predicted molar refractivity (Wildman–Crippen MR) is 118 cm³/mol. The van der Waals surface area contributed by atoms with Crippen LogP contribution in [0.4, 0.5) is 0 Å². The SMILES string of the molecule is Cc1cc(O)cc(C)c1CC(N)C(=O)NC(C)C(=O)NCC(N)Cc1ccccc1. The Bertz CT molecular complexity index is 847. The van der Waals surface area contributed by atoms with Crippen molar-refractivity contribution in [1.29, 1.82) is 0 Å². The first-order valence-corrected chi connectivity index (χ1v) is 10.1. The molecule has 7 N–H and O–H groups in total. The van der Waals surface area contributed by atoms with Crippen molar-refractivity contribution in [2.75, 3.05) is 6.54 Å². The van der Waals surface area contributed by atoms with Crippen molar-refractivity contribution in [3.05, 3.63) is 64.7 Å². The minimum Gasteiger partial charge on any atom is -0.508 e. The standard InChI is InChI=1S/C23H32N4O3/c1-14-9-19(28)10-15(2)20(14)12-21(25)23(30)27-16(3)22(29)26-13-18(24)11-17-7-5-4-6-8-17/h4-10,16,18,21,28H,11-13,24-25H2,1-3H3,(H,26,29)(H,27,30). The molecule has 3 atom stereocenters. The lowest BCUT2D eigenvalue weighted by molar-refractivity contribution is -0.129. The molecule has 0 aromatic heterocycles. The molecule has 3 unspecified atom stereocenters. The maximum atomic E-state index is 12.4. The first kappa shape index (κ1) is 23.4. The Morgan fingerprint density at radius 3 is 2.20 bits per heavy atom. The Labute approximate surface area is 177 Å². The normalized spacial score (nSPS) is 13.9. The van der Waals surface area contributed by atoms with Crippen LogP contribution >= 0.6 is 0 Å². The van der Waals surface area contributed by atoms with Gasteiger partial charge < -0.3 is 27.2 Å². The van der Waals surface area contributed by atoms with E-state index in [1.807, 2.05) is 44.2 Å². The smallest absolute Gasteiger partial charge is 0.242 e. The van der Waals surface area contributed by atoms with E-state index in [1.165, 1.54) is 0 Å². The quantitative estimate of drug-likeness (QED) is 0.421. The lowest BCUT2D eigenvalue weighted by atomic mass is 9.96. The molecule has 2 aromatic rings. The van der Waals surface area contributed by atoms with Crippen molar-refractivity contribution < 1.29 is 14.7 Å². The summed E-state index contributed by atoms with van der Waals surface area (Å²) in [7, 11) is 0. The van der Waals surface area contributed by atoms with Gasteiger partial charge in [-0.2, -0.15) is 0 Å². The summed E-state index contributed by atoms with van der Waals surface area (Å²) < 4.78 is 0. The molecule has 0 aliphatic heterocycles. The van der Waals surface area contributed by atoms with Crippen LogP contribution in [0.25, 0.3) is 0 Å². The third-order valence-electron chi connectivity index (χ3n) is 5.07. The van der Waals surface area contributed by atoms with Crippen LogP contribution in [-0.2, 0) is 22.4 Å². The molecule has 0 saturated carbocycles. The van der Waals surface area contributed by atoms with Gasteiger partial charge >= 0.3 is 0 Å². The Balaban J connectivity index is 1.82. The third-order valence-corrected chi connectivity index (χ3v) is 5.07. The van der Waals surface area contributed by atoms with Gasteiger partial charge in [-0.05, 0) is 68.0 Å². The number of aromatic hydroxyl groups is 1. The number of hydrogen-bond donors (Lipinski definition) is 5. The largest absolute Gasteiger partial charge is 0.508 e. The summed E-state index contributed by atoms with van der Waals surface area (Å²) >= 11 is 0. The molecule has 0 aliphatic carbocycles. The van der Waals surface area contributed by atoms with Crippen molar-refractivity contribution in [2.45, 2.75) is 51.7 Å². The van der Waals surface area contributed by atoms with E-state index >= 15 is 0 Å². The molecule has 0 aliphatic rings. The zero-order chi connectivity index (χ0) is 22.3. The van der Waals surface area contributed by atoms with Gasteiger partial charge in [0.1, 0.15) is 11.8 Å². The number of carbonyl (C=O) groups excluding carboxylic acids is 2. The monoisotopic (exact) mass is 412 g/mol. The minimum absolute atomic E-state index is 0.183. The molecule has 2 rings (SSSR count). The Kier molecular flexibility index (Phi) is 8.38. The van der Waals surface area contributed by atoms with E-state index in [-0.39, 0.29) is 17.7 Å². The Morgan fingerprint density at radius 1 is 1.00 bits per heavy atom. The van der Waals surface area contributed by atoms with Crippen molar-refractivity contribution >= 4 is 11.8 Å². The average Bonchev–Trinajstić information content (AvgIpc) is 2.69. The van der Waals surface area contributed by atoms with Crippen LogP contribution in [0, 0.1) is 13.8 Å². The summed E-state index contributed by atoms with van der Waals surface area (Å²) in [6, 6.07) is 11.3. The molecule has 0 heterocycles. The van der Waals surface area contributed by atoms with Gasteiger partial charge in [0.25, 0.3) is 0 Å². The second-order valence-corrected chi connectivity index (χ2v) is 7.79. The molecule has 0 radical (unpaired) electrons. The zero-order valence-electron chi connectivity index (χ0n) is 17.8. The van der Waals surface area contributed by atoms with E-state index in [0.29, 0.717) is 19.4 Å². The summed E-state index contributed by atoms with van der Waals surface area (Å²) in [6.45, 7) is 5.65. The highest BCUT2D eigenvalue weighted by Crippen LogP contribution is 2.21. The van der Waals surface area contributed by atoms with Gasteiger partial charge in [-0.15, -0.1) is 0 Å². The van der Waals surface area contributed by atoms with Crippen LogP contribution in [0.5, 0.6) is 5.75 Å². The second kappa shape index (κ2) is 10.8. The molecule has 0 spiro atoms. The number of carbonyl (C=O) groups is 2. The number of phenolic OH excluding ortho intramolecular Hbond substituents is 1. The van der Waals surface area contributed by atoms with Gasteiger partial charge in [0, 0.05) is 12.6 Å². The fraction of sp³-hybridized carbons (Fsp3) is 0.391. The Hall–Kier alpha value is -2.90. The summed E-state index contributed by atoms with van der Waals surface area (Å²) in [5, 5.41) is 15.1. The second-order valence-electron chi connectivity index (χ2n) is 7.79. The highest BCUT2D eigenvalue weighted by Gasteiger charge is 2.22. The molecule has 162 valence electrons. The third kappa shape index (κ3) is 6.86. The number of rotatable bonds is 9. The van der Waals surface area contributed by atoms with Gasteiger partial charge in [0.05, 0.1) is 6.04 Å². The van der Waals surface area contributed by atoms with Crippen LogP contribution in [-0.4, -0.2) is 41.6 Å². The van der Waals surface area contributed by atoms with Gasteiger partial charge in [-0.25, -0.2) is 0 Å². The number of nitrogens with one attached hydrogen (secondary N) is 2. The predicted octanol–water partition coefficient (Wildman–Crippen LogP) is 1.07. The first-order valence-electron chi connectivity index (χ1n) is 10.1. The molecule has 2 aromatic carbocycles. The molecule has 7 heteroatoms. The van der Waals surface area contributed by atoms with E-state index in [9.17, 15) is 14.7 Å². The van der Waals surface area contributed by atoms with Crippen LogP contribution in [0.3, 0.4) is 0 Å². The van der Waals surface area contributed by atoms with E-state index in [2.05, 4.69) is 10.6 Å². The molecule has 0 saturated heterocycles. The maximum Gasteiger partial charge on any atom is 0.242 e. The summed E-state index contributed by atoms with van der Waals surface area (Å²) in [5.41, 5.74) is 15.9. The molecule has 7 nitrogen and oxygen atoms in total. The van der Waals surface area contributed by atoms with E-state index in [0.717, 1.165) is 22.3 Å². The molecule has 0 fully saturated rings. The highest BCUT2D eigenvalue weighted by molar-refractivity contribution is 5.89. The maximum absolute atomic E-state index is 12.4. The molecule has 0 bridgehead atoms. The lowest BCUT2D eigenvalue weighted by Gasteiger charge is -2.20. The van der Waals surface area contributed by atoms with Crippen molar-refractivity contribution in [3.8, 4) is 5.75 Å². The molecular formula is C23H32N4O3. The topological polar surface area (TPSA) is 130 Å². The fourth-order valence-corrected chi connectivity index (χ4v) is 3.36. The Morgan fingerprint density at radius 2 is 1.60 bits per heavy atom. The molecular weight excluding hydrogens is 380 g/mol. The summed E-state index contributed by atoms with van der Waals surface area (Å²) in [4.78, 5) is 24.8. The van der Waals surface area contributed by atoms with Crippen LogP contribution in [0.1, 0.15) is 29.2 Å². The highest BCUT2D eigenvalue weighted by atomic mass is 16.3. The first-order chi connectivity index (χ1) is 14.2. The number of hydrogen-bond acceptors (Lipinski definition) is 5. The van der Waals surface area contributed by atoms with E-state index < -0.39 is 18.0 Å². The zero-order valence-corrected chi connectivity index (χ0v) is 17.8. The van der Waals surface area contributed by atoms with Crippen LogP contribution in [0.2, 0.25) is 0 Å². The van der Waals surface area contributed by atoms with Crippen molar-refractivity contribution in [3.63, 3.8) is 0 Å². The number of nitrogens with two attached hydrogens (primary N) is 2. The number of phenols is 1. The number of amides is 2. The lowest BCUT2D eigenvalue weighted by Crippen LogP contribution is -2.52. The summed E-state index contributed by atoms with van der Waals surface area (Å²) in [6.07, 6.45) is 0.970. The van der Waals surface area contributed by atoms with Crippen molar-refractivity contribution in [1.82, 2.24) is 10.6 Å². The van der Waals surface area contributed by atoms with E-state index in [4.69, 9.17) is 11.5 Å². The van der Waals surface area contributed by atoms with Crippen LogP contribution < -0.4 is 22.1 Å². The van der Waals surface area contributed by atoms with Crippen molar-refractivity contribution in [2.24, 2.45) is 11.5 Å². The van der Waals surface area contributed by atoms with Gasteiger partial charge in [-0.1, -0.05) is 30.3 Å². The number of benzene rings is 2. The molecule has 30 heavy (non-hydrogen) atoms. The van der Waals surface area contributed by atoms with Gasteiger partial charge in [0.2, 0.25) is 11.8 Å². The van der Waals surface area contributed by atoms with Gasteiger partial charge in [-0.3, -0.25) is 9.59 Å². The van der Waals surface area contributed by atoms with E-state index in [1.54, 1.807) is 19.1 Å².